The lowest BCUT2D eigenvalue weighted by atomic mass is 10.0. The van der Waals surface area contributed by atoms with Gasteiger partial charge in [-0.05, 0) is 61.7 Å². The van der Waals surface area contributed by atoms with Crippen LogP contribution in [0.15, 0.2) is 48.5 Å². The molecule has 3 nitrogen and oxygen atoms in total. The highest BCUT2D eigenvalue weighted by Gasteiger charge is 2.52. The number of amidine groups is 1. The van der Waals surface area contributed by atoms with E-state index in [-0.39, 0.29) is 6.54 Å². The van der Waals surface area contributed by atoms with Crippen molar-refractivity contribution in [3.63, 3.8) is 0 Å². The standard InChI is InChI=1S/C21H21F4N2O/c22-17-10-8-15(9-11-17)20(28)14-26(19-7-2-1-3-12-27(19)20)18-6-4-5-16(13-18)21(23,24)25/h4-6,8-11,13,28H,1-3,7,12,14H2/q+1. The Labute approximate surface area is 160 Å². The van der Waals surface area contributed by atoms with E-state index in [0.29, 0.717) is 24.2 Å². The van der Waals surface area contributed by atoms with Crippen molar-refractivity contribution >= 4 is 11.5 Å². The van der Waals surface area contributed by atoms with E-state index in [9.17, 15) is 22.7 Å². The molecule has 2 aromatic rings. The Hall–Kier alpha value is -2.41. The summed E-state index contributed by atoms with van der Waals surface area (Å²) in [7, 11) is 0. The molecule has 2 aliphatic rings. The Bertz CT molecular complexity index is 907. The predicted octanol–water partition coefficient (Wildman–Crippen LogP) is 4.49. The Morgan fingerprint density at radius 1 is 1.00 bits per heavy atom. The molecule has 1 N–H and O–H groups in total. The lowest BCUT2D eigenvalue weighted by Crippen LogP contribution is -2.41. The van der Waals surface area contributed by atoms with Crippen molar-refractivity contribution < 1.29 is 27.2 Å². The monoisotopic (exact) mass is 393 g/mol. The second-order valence-electron chi connectivity index (χ2n) is 7.34. The van der Waals surface area contributed by atoms with Gasteiger partial charge in [-0.15, -0.1) is 0 Å². The van der Waals surface area contributed by atoms with Gasteiger partial charge in [-0.3, -0.25) is 0 Å². The maximum atomic E-state index is 13.4. The number of nitrogens with zero attached hydrogens (tertiary/aromatic N) is 2. The summed E-state index contributed by atoms with van der Waals surface area (Å²) in [6.45, 7) is 0.688. The van der Waals surface area contributed by atoms with E-state index in [4.69, 9.17) is 0 Å². The number of benzene rings is 2. The third-order valence-electron chi connectivity index (χ3n) is 5.52. The van der Waals surface area contributed by atoms with Gasteiger partial charge >= 0.3 is 6.18 Å². The normalized spacial score (nSPS) is 23.0. The van der Waals surface area contributed by atoms with Gasteiger partial charge in [0.15, 0.2) is 6.54 Å². The molecule has 2 heterocycles. The molecule has 0 fully saturated rings. The Morgan fingerprint density at radius 2 is 1.75 bits per heavy atom. The first-order valence-electron chi connectivity index (χ1n) is 9.36. The van der Waals surface area contributed by atoms with Crippen molar-refractivity contribution in [2.45, 2.75) is 37.6 Å². The number of alkyl halides is 3. The van der Waals surface area contributed by atoms with Gasteiger partial charge in [0.25, 0.3) is 11.6 Å². The summed E-state index contributed by atoms with van der Waals surface area (Å²) >= 11 is 0. The summed E-state index contributed by atoms with van der Waals surface area (Å²) in [5.41, 5.74) is -1.21. The van der Waals surface area contributed by atoms with E-state index in [2.05, 4.69) is 0 Å². The minimum atomic E-state index is -4.43. The van der Waals surface area contributed by atoms with Crippen LogP contribution in [0.2, 0.25) is 0 Å². The molecule has 148 valence electrons. The number of halogens is 4. The van der Waals surface area contributed by atoms with Crippen LogP contribution in [0.3, 0.4) is 0 Å². The van der Waals surface area contributed by atoms with Gasteiger partial charge in [-0.25, -0.2) is 13.9 Å². The SMILES string of the molecule is OC1(c2ccc(F)cc2)CN(c2cccc(C(F)(F)F)c2)C2=[N+]1CCCCC2. The summed E-state index contributed by atoms with van der Waals surface area (Å²) in [6.07, 6.45) is -1.00. The highest BCUT2D eigenvalue weighted by Crippen LogP contribution is 2.37. The molecule has 28 heavy (non-hydrogen) atoms. The molecular weight excluding hydrogens is 372 g/mol. The first kappa shape index (κ1) is 18.9. The molecule has 0 bridgehead atoms. The maximum absolute atomic E-state index is 13.4. The van der Waals surface area contributed by atoms with Gasteiger partial charge in [0.2, 0.25) is 0 Å². The second kappa shape index (κ2) is 6.88. The number of hydrogen-bond acceptors (Lipinski definition) is 2. The van der Waals surface area contributed by atoms with Gasteiger partial charge in [-0.1, -0.05) is 6.07 Å². The Kier molecular flexibility index (Phi) is 4.65. The quantitative estimate of drug-likeness (QED) is 0.601. The van der Waals surface area contributed by atoms with Crippen molar-refractivity contribution in [3.8, 4) is 0 Å². The van der Waals surface area contributed by atoms with E-state index < -0.39 is 23.3 Å². The highest BCUT2D eigenvalue weighted by atomic mass is 19.4. The van der Waals surface area contributed by atoms with E-state index in [0.717, 1.165) is 37.2 Å². The van der Waals surface area contributed by atoms with E-state index in [1.807, 2.05) is 4.58 Å². The first-order valence-corrected chi connectivity index (χ1v) is 9.36. The molecule has 2 aromatic carbocycles. The lowest BCUT2D eigenvalue weighted by molar-refractivity contribution is -0.658. The molecule has 1 unspecified atom stereocenters. The molecule has 0 radical (unpaired) electrons. The zero-order valence-electron chi connectivity index (χ0n) is 15.2. The molecule has 0 saturated carbocycles. The van der Waals surface area contributed by atoms with Crippen LogP contribution in [-0.2, 0) is 11.9 Å². The van der Waals surface area contributed by atoms with E-state index in [1.54, 1.807) is 11.0 Å². The molecule has 1 atom stereocenters. The van der Waals surface area contributed by atoms with Gasteiger partial charge in [0.05, 0.1) is 12.1 Å². The minimum absolute atomic E-state index is 0.0925. The summed E-state index contributed by atoms with van der Waals surface area (Å²) < 4.78 is 54.8. The van der Waals surface area contributed by atoms with Crippen molar-refractivity contribution in [1.82, 2.24) is 0 Å². The third-order valence-corrected chi connectivity index (χ3v) is 5.52. The number of β-amino-alcohol motifs (C(OH)–C–C–N with tert-alkyl or cyclic N) is 1. The molecule has 7 heteroatoms. The smallest absolute Gasteiger partial charge is 0.346 e. The average Bonchev–Trinajstić information content (AvgIpc) is 2.82. The van der Waals surface area contributed by atoms with Crippen molar-refractivity contribution in [3.05, 3.63) is 65.5 Å². The number of anilines is 1. The fourth-order valence-corrected chi connectivity index (χ4v) is 4.12. The molecule has 0 spiro atoms. The van der Waals surface area contributed by atoms with E-state index in [1.165, 1.54) is 30.3 Å². The summed E-state index contributed by atoms with van der Waals surface area (Å²) in [4.78, 5) is 1.77. The van der Waals surface area contributed by atoms with Crippen molar-refractivity contribution in [2.24, 2.45) is 0 Å². The lowest BCUT2D eigenvalue weighted by Gasteiger charge is -2.23. The molecule has 2 aliphatic heterocycles. The van der Waals surface area contributed by atoms with E-state index >= 15 is 0 Å². The van der Waals surface area contributed by atoms with Gasteiger partial charge in [0, 0.05) is 12.0 Å². The van der Waals surface area contributed by atoms with Gasteiger partial charge in [-0.2, -0.15) is 13.2 Å². The van der Waals surface area contributed by atoms with Crippen molar-refractivity contribution in [1.29, 1.82) is 0 Å². The van der Waals surface area contributed by atoms with Crippen LogP contribution in [0, 0.1) is 5.82 Å². The van der Waals surface area contributed by atoms with Crippen LogP contribution in [0.4, 0.5) is 23.2 Å². The second-order valence-corrected chi connectivity index (χ2v) is 7.34. The van der Waals surface area contributed by atoms with Crippen molar-refractivity contribution in [2.75, 3.05) is 18.0 Å². The maximum Gasteiger partial charge on any atom is 0.416 e. The van der Waals surface area contributed by atoms with Crippen LogP contribution >= 0.6 is 0 Å². The largest absolute Gasteiger partial charge is 0.416 e. The van der Waals surface area contributed by atoms with Crippen LogP contribution in [0.5, 0.6) is 0 Å². The topological polar surface area (TPSA) is 26.5 Å². The van der Waals surface area contributed by atoms with Crippen LogP contribution < -0.4 is 4.90 Å². The van der Waals surface area contributed by atoms with Crippen LogP contribution in [0.1, 0.15) is 36.8 Å². The van der Waals surface area contributed by atoms with Gasteiger partial charge < -0.3 is 5.11 Å². The molecule has 0 aromatic heterocycles. The Balaban J connectivity index is 1.80. The molecule has 0 saturated heterocycles. The molecule has 4 rings (SSSR count). The fourth-order valence-electron chi connectivity index (χ4n) is 4.12. The first-order chi connectivity index (χ1) is 13.3. The minimum Gasteiger partial charge on any atom is -0.346 e. The zero-order chi connectivity index (χ0) is 19.9. The summed E-state index contributed by atoms with van der Waals surface area (Å²) in [5.74, 6) is 0.406. The van der Waals surface area contributed by atoms with Crippen LogP contribution in [0.25, 0.3) is 0 Å². The molecule has 0 amide bonds. The number of aliphatic hydroxyl groups is 1. The summed E-state index contributed by atoms with van der Waals surface area (Å²) in [6, 6.07) is 10.8. The zero-order valence-corrected chi connectivity index (χ0v) is 15.2. The fraction of sp³-hybridized carbons (Fsp3) is 0.381. The number of hydrogen-bond donors (Lipinski definition) is 1. The number of rotatable bonds is 2. The third kappa shape index (κ3) is 3.28. The average molecular weight is 393 g/mol. The van der Waals surface area contributed by atoms with Gasteiger partial charge in [0.1, 0.15) is 11.5 Å². The summed E-state index contributed by atoms with van der Waals surface area (Å²) in [5, 5.41) is 11.6. The predicted molar refractivity (Wildman–Crippen MR) is 97.7 cm³/mol. The Morgan fingerprint density at radius 3 is 2.46 bits per heavy atom. The molecule has 0 aliphatic carbocycles. The highest BCUT2D eigenvalue weighted by molar-refractivity contribution is 5.96. The van der Waals surface area contributed by atoms with Crippen LogP contribution in [-0.4, -0.2) is 28.6 Å². The molecular formula is C21H21F4N2O+.